The number of aliphatic hydroxyl groups is 1. The van der Waals surface area contributed by atoms with Crippen molar-refractivity contribution in [3.63, 3.8) is 0 Å². The molecule has 0 aliphatic carbocycles. The Morgan fingerprint density at radius 3 is 2.67 bits per heavy atom. The molecule has 1 N–H and O–H groups in total. The molecule has 1 aromatic rings. The summed E-state index contributed by atoms with van der Waals surface area (Å²) in [6, 6.07) is 5.00. The summed E-state index contributed by atoms with van der Waals surface area (Å²) < 4.78 is 18.4. The minimum atomic E-state index is -0.338. The van der Waals surface area contributed by atoms with Crippen molar-refractivity contribution in [2.45, 2.75) is 26.3 Å². The molecular weight excluding hydrogens is 233 g/mol. The van der Waals surface area contributed by atoms with E-state index in [1.165, 1.54) is 13.2 Å². The average molecular weight is 255 g/mol. The lowest BCUT2D eigenvalue weighted by atomic mass is 10.2. The SMILES string of the molecule is CCCCN(CCO)Cc1ccc(OC)c(F)c1. The second-order valence-electron chi connectivity index (χ2n) is 4.32. The van der Waals surface area contributed by atoms with Gasteiger partial charge in [-0.15, -0.1) is 0 Å². The Labute approximate surface area is 108 Å². The van der Waals surface area contributed by atoms with E-state index < -0.39 is 0 Å². The molecule has 0 unspecified atom stereocenters. The number of unbranched alkanes of at least 4 members (excludes halogenated alkanes) is 1. The van der Waals surface area contributed by atoms with Crippen molar-refractivity contribution >= 4 is 0 Å². The van der Waals surface area contributed by atoms with E-state index in [-0.39, 0.29) is 18.2 Å². The second kappa shape index (κ2) is 8.06. The zero-order valence-electron chi connectivity index (χ0n) is 11.2. The minimum absolute atomic E-state index is 0.127. The molecule has 0 amide bonds. The normalized spacial score (nSPS) is 10.9. The van der Waals surface area contributed by atoms with Crippen molar-refractivity contribution in [1.29, 1.82) is 0 Å². The van der Waals surface area contributed by atoms with E-state index in [9.17, 15) is 4.39 Å². The van der Waals surface area contributed by atoms with Gasteiger partial charge in [-0.25, -0.2) is 4.39 Å². The highest BCUT2D eigenvalue weighted by atomic mass is 19.1. The lowest BCUT2D eigenvalue weighted by molar-refractivity contribution is 0.188. The van der Waals surface area contributed by atoms with E-state index >= 15 is 0 Å². The standard InChI is InChI=1S/C14H22FNO2/c1-3-4-7-16(8-9-17)11-12-5-6-14(18-2)13(15)10-12/h5-6,10,17H,3-4,7-9,11H2,1-2H3. The van der Waals surface area contributed by atoms with E-state index in [1.807, 2.05) is 6.07 Å². The summed E-state index contributed by atoms with van der Waals surface area (Å²) in [5.41, 5.74) is 0.901. The zero-order valence-corrected chi connectivity index (χ0v) is 11.2. The molecule has 1 rings (SSSR count). The van der Waals surface area contributed by atoms with Gasteiger partial charge in [-0.05, 0) is 30.7 Å². The largest absolute Gasteiger partial charge is 0.494 e. The van der Waals surface area contributed by atoms with Gasteiger partial charge in [0.25, 0.3) is 0 Å². The molecule has 0 fully saturated rings. The highest BCUT2D eigenvalue weighted by Crippen LogP contribution is 2.18. The second-order valence-corrected chi connectivity index (χ2v) is 4.32. The Morgan fingerprint density at radius 1 is 1.33 bits per heavy atom. The van der Waals surface area contributed by atoms with Gasteiger partial charge >= 0.3 is 0 Å². The number of rotatable bonds is 8. The van der Waals surface area contributed by atoms with Gasteiger partial charge in [0.15, 0.2) is 11.6 Å². The van der Waals surface area contributed by atoms with Crippen LogP contribution in [0.3, 0.4) is 0 Å². The molecule has 3 nitrogen and oxygen atoms in total. The molecule has 0 aliphatic heterocycles. The summed E-state index contributed by atoms with van der Waals surface area (Å²) in [4.78, 5) is 2.13. The first-order valence-corrected chi connectivity index (χ1v) is 6.36. The Balaban J connectivity index is 2.64. The maximum Gasteiger partial charge on any atom is 0.165 e. The molecule has 0 spiro atoms. The third kappa shape index (κ3) is 4.63. The average Bonchev–Trinajstić information content (AvgIpc) is 2.36. The molecule has 4 heteroatoms. The fourth-order valence-electron chi connectivity index (χ4n) is 1.86. The summed E-state index contributed by atoms with van der Waals surface area (Å²) >= 11 is 0. The van der Waals surface area contributed by atoms with Gasteiger partial charge in [-0.3, -0.25) is 4.90 Å². The maximum atomic E-state index is 13.5. The van der Waals surface area contributed by atoms with E-state index in [4.69, 9.17) is 9.84 Å². The summed E-state index contributed by atoms with van der Waals surface area (Å²) in [5.74, 6) is -0.0737. The van der Waals surface area contributed by atoms with Crippen LogP contribution in [0.4, 0.5) is 4.39 Å². The highest BCUT2D eigenvalue weighted by Gasteiger charge is 2.08. The molecule has 0 aromatic heterocycles. The summed E-state index contributed by atoms with van der Waals surface area (Å²) in [5, 5.41) is 9.02. The topological polar surface area (TPSA) is 32.7 Å². The van der Waals surface area contributed by atoms with Gasteiger partial charge in [-0.1, -0.05) is 19.4 Å². The Bertz CT molecular complexity index is 358. The number of benzene rings is 1. The molecule has 0 bridgehead atoms. The van der Waals surface area contributed by atoms with Crippen LogP contribution in [0.2, 0.25) is 0 Å². The number of hydrogen-bond donors (Lipinski definition) is 1. The van der Waals surface area contributed by atoms with Crippen LogP contribution in [-0.2, 0) is 6.54 Å². The quantitative estimate of drug-likeness (QED) is 0.774. The summed E-state index contributed by atoms with van der Waals surface area (Å²) in [7, 11) is 1.46. The number of methoxy groups -OCH3 is 1. The highest BCUT2D eigenvalue weighted by molar-refractivity contribution is 5.29. The number of ether oxygens (including phenoxy) is 1. The van der Waals surface area contributed by atoms with Crippen molar-refractivity contribution in [3.8, 4) is 5.75 Å². The van der Waals surface area contributed by atoms with Crippen LogP contribution in [0, 0.1) is 5.82 Å². The Morgan fingerprint density at radius 2 is 2.11 bits per heavy atom. The first-order chi connectivity index (χ1) is 8.71. The first kappa shape index (κ1) is 14.9. The van der Waals surface area contributed by atoms with Gasteiger partial charge < -0.3 is 9.84 Å². The Hall–Kier alpha value is -1.13. The van der Waals surface area contributed by atoms with Gasteiger partial charge in [0, 0.05) is 13.1 Å². The fourth-order valence-corrected chi connectivity index (χ4v) is 1.86. The third-order valence-corrected chi connectivity index (χ3v) is 2.87. The van der Waals surface area contributed by atoms with Gasteiger partial charge in [0.05, 0.1) is 13.7 Å². The number of aliphatic hydroxyl groups excluding tert-OH is 1. The zero-order chi connectivity index (χ0) is 13.4. The molecule has 102 valence electrons. The van der Waals surface area contributed by atoms with Crippen molar-refractivity contribution < 1.29 is 14.2 Å². The van der Waals surface area contributed by atoms with Crippen LogP contribution in [0.1, 0.15) is 25.3 Å². The van der Waals surface area contributed by atoms with E-state index in [2.05, 4.69) is 11.8 Å². The molecule has 0 saturated heterocycles. The fraction of sp³-hybridized carbons (Fsp3) is 0.571. The van der Waals surface area contributed by atoms with Gasteiger partial charge in [0.1, 0.15) is 0 Å². The summed E-state index contributed by atoms with van der Waals surface area (Å²) in [6.07, 6.45) is 2.19. The molecule has 0 radical (unpaired) electrons. The first-order valence-electron chi connectivity index (χ1n) is 6.36. The van der Waals surface area contributed by atoms with E-state index in [0.29, 0.717) is 13.1 Å². The van der Waals surface area contributed by atoms with Gasteiger partial charge in [-0.2, -0.15) is 0 Å². The molecule has 18 heavy (non-hydrogen) atoms. The van der Waals surface area contributed by atoms with Crippen LogP contribution in [-0.4, -0.2) is 36.8 Å². The minimum Gasteiger partial charge on any atom is -0.494 e. The predicted molar refractivity (Wildman–Crippen MR) is 70.2 cm³/mol. The molecule has 1 aromatic carbocycles. The monoisotopic (exact) mass is 255 g/mol. The van der Waals surface area contributed by atoms with Crippen molar-refractivity contribution in [3.05, 3.63) is 29.6 Å². The van der Waals surface area contributed by atoms with E-state index in [0.717, 1.165) is 24.9 Å². The smallest absolute Gasteiger partial charge is 0.165 e. The predicted octanol–water partition coefficient (Wildman–Crippen LogP) is 2.43. The van der Waals surface area contributed by atoms with Crippen LogP contribution in [0.15, 0.2) is 18.2 Å². The van der Waals surface area contributed by atoms with Crippen LogP contribution < -0.4 is 4.74 Å². The molecule has 0 aliphatic rings. The van der Waals surface area contributed by atoms with Crippen LogP contribution in [0.5, 0.6) is 5.75 Å². The molecule has 0 heterocycles. The van der Waals surface area contributed by atoms with Crippen LogP contribution in [0.25, 0.3) is 0 Å². The number of hydrogen-bond acceptors (Lipinski definition) is 3. The van der Waals surface area contributed by atoms with Gasteiger partial charge in [0.2, 0.25) is 0 Å². The number of nitrogens with zero attached hydrogens (tertiary/aromatic N) is 1. The van der Waals surface area contributed by atoms with E-state index in [1.54, 1.807) is 6.07 Å². The lowest BCUT2D eigenvalue weighted by Crippen LogP contribution is -2.27. The molecule has 0 atom stereocenters. The third-order valence-electron chi connectivity index (χ3n) is 2.87. The maximum absolute atomic E-state index is 13.5. The number of halogens is 1. The van der Waals surface area contributed by atoms with Crippen molar-refractivity contribution in [2.24, 2.45) is 0 Å². The Kier molecular flexibility index (Phi) is 6.68. The molecular formula is C14H22FNO2. The van der Waals surface area contributed by atoms with Crippen molar-refractivity contribution in [2.75, 3.05) is 26.8 Å². The summed E-state index contributed by atoms with van der Waals surface area (Å²) in [6.45, 7) is 4.45. The van der Waals surface area contributed by atoms with Crippen LogP contribution >= 0.6 is 0 Å². The lowest BCUT2D eigenvalue weighted by Gasteiger charge is -2.21. The molecule has 0 saturated carbocycles. The van der Waals surface area contributed by atoms with Crippen molar-refractivity contribution in [1.82, 2.24) is 4.90 Å².